The molecule has 0 aromatic carbocycles. The van der Waals surface area contributed by atoms with Crippen LogP contribution in [0.2, 0.25) is 0 Å². The summed E-state index contributed by atoms with van der Waals surface area (Å²) in [6, 6.07) is 0.363. The van der Waals surface area contributed by atoms with Gasteiger partial charge in [-0.05, 0) is 46.2 Å². The molecule has 3 N–H and O–H groups in total. The zero-order valence-corrected chi connectivity index (χ0v) is 8.79. The molecule has 13 heavy (non-hydrogen) atoms. The quantitative estimate of drug-likeness (QED) is 0.675. The Balaban J connectivity index is 2.57. The van der Waals surface area contributed by atoms with Crippen LogP contribution in [-0.4, -0.2) is 41.3 Å². The molecule has 1 fully saturated rings. The van der Waals surface area contributed by atoms with Gasteiger partial charge < -0.3 is 10.8 Å². The minimum absolute atomic E-state index is 0.151. The van der Waals surface area contributed by atoms with Crippen molar-refractivity contribution in [1.29, 1.82) is 0 Å². The molecule has 1 aliphatic heterocycles. The molecular formula is C10H22N2O. The van der Waals surface area contributed by atoms with Crippen molar-refractivity contribution in [3.05, 3.63) is 0 Å². The summed E-state index contributed by atoms with van der Waals surface area (Å²) < 4.78 is 0. The van der Waals surface area contributed by atoms with Gasteiger partial charge in [0.05, 0.1) is 6.61 Å². The number of hydrogen-bond donors (Lipinski definition) is 2. The second kappa shape index (κ2) is 4.40. The van der Waals surface area contributed by atoms with E-state index in [2.05, 4.69) is 18.7 Å². The average Bonchev–Trinajstić information content (AvgIpc) is 2.51. The fourth-order valence-electron chi connectivity index (χ4n) is 2.32. The molecule has 3 nitrogen and oxygen atoms in total. The first-order chi connectivity index (χ1) is 6.11. The molecule has 1 rings (SSSR count). The lowest BCUT2D eigenvalue weighted by molar-refractivity contribution is 0.0646. The Hall–Kier alpha value is -0.120. The number of nitrogens with two attached hydrogens (primary N) is 1. The molecule has 0 aromatic heterocycles. The van der Waals surface area contributed by atoms with Crippen molar-refractivity contribution in [2.75, 3.05) is 19.7 Å². The lowest BCUT2D eigenvalue weighted by Gasteiger charge is -2.39. The van der Waals surface area contributed by atoms with Crippen LogP contribution < -0.4 is 5.73 Å². The Morgan fingerprint density at radius 3 is 2.77 bits per heavy atom. The summed E-state index contributed by atoms with van der Waals surface area (Å²) in [5.74, 6) is 0. The highest BCUT2D eigenvalue weighted by Gasteiger charge is 2.34. The lowest BCUT2D eigenvalue weighted by Crippen LogP contribution is -2.49. The van der Waals surface area contributed by atoms with Crippen LogP contribution in [-0.2, 0) is 0 Å². The predicted molar refractivity (Wildman–Crippen MR) is 54.6 cm³/mol. The van der Waals surface area contributed by atoms with Gasteiger partial charge in [-0.25, -0.2) is 0 Å². The largest absolute Gasteiger partial charge is 0.395 e. The van der Waals surface area contributed by atoms with Crippen LogP contribution in [0.1, 0.15) is 33.1 Å². The van der Waals surface area contributed by atoms with Crippen molar-refractivity contribution in [1.82, 2.24) is 4.90 Å². The van der Waals surface area contributed by atoms with Crippen molar-refractivity contribution < 1.29 is 5.11 Å². The van der Waals surface area contributed by atoms with Crippen molar-refractivity contribution in [3.63, 3.8) is 0 Å². The van der Waals surface area contributed by atoms with Crippen molar-refractivity contribution in [3.8, 4) is 0 Å². The van der Waals surface area contributed by atoms with Crippen LogP contribution in [0.15, 0.2) is 0 Å². The fraction of sp³-hybridized carbons (Fsp3) is 1.00. The van der Waals surface area contributed by atoms with E-state index in [4.69, 9.17) is 5.73 Å². The minimum Gasteiger partial charge on any atom is -0.395 e. The highest BCUT2D eigenvalue weighted by Crippen LogP contribution is 2.28. The van der Waals surface area contributed by atoms with Gasteiger partial charge in [0, 0.05) is 11.6 Å². The van der Waals surface area contributed by atoms with Crippen molar-refractivity contribution in [2.24, 2.45) is 5.73 Å². The van der Waals surface area contributed by atoms with Gasteiger partial charge in [-0.3, -0.25) is 4.90 Å². The molecular weight excluding hydrogens is 164 g/mol. The first-order valence-electron chi connectivity index (χ1n) is 5.19. The molecule has 0 bridgehead atoms. The number of hydrogen-bond acceptors (Lipinski definition) is 3. The normalized spacial score (nSPS) is 25.4. The molecule has 1 atom stereocenters. The van der Waals surface area contributed by atoms with E-state index in [9.17, 15) is 5.11 Å². The predicted octanol–water partition coefficient (Wildman–Crippen LogP) is 0.571. The summed E-state index contributed by atoms with van der Waals surface area (Å²) in [5.41, 5.74) is 5.73. The zero-order valence-electron chi connectivity index (χ0n) is 8.79. The van der Waals surface area contributed by atoms with Gasteiger partial charge in [0.2, 0.25) is 0 Å². The van der Waals surface area contributed by atoms with Crippen LogP contribution in [0.5, 0.6) is 0 Å². The molecule has 0 aliphatic carbocycles. The maximum Gasteiger partial charge on any atom is 0.0587 e. The Kier molecular flexibility index (Phi) is 3.71. The average molecular weight is 186 g/mol. The lowest BCUT2D eigenvalue weighted by atomic mass is 9.97. The monoisotopic (exact) mass is 186 g/mol. The van der Waals surface area contributed by atoms with E-state index < -0.39 is 0 Å². The molecule has 1 aliphatic rings. The van der Waals surface area contributed by atoms with E-state index in [1.54, 1.807) is 0 Å². The Morgan fingerprint density at radius 1 is 1.54 bits per heavy atom. The van der Waals surface area contributed by atoms with E-state index in [0.717, 1.165) is 25.9 Å². The molecule has 0 radical (unpaired) electrons. The third kappa shape index (κ3) is 2.42. The summed E-state index contributed by atoms with van der Waals surface area (Å²) >= 11 is 0. The Morgan fingerprint density at radius 2 is 2.23 bits per heavy atom. The second-order valence-electron chi connectivity index (χ2n) is 4.52. The number of aliphatic hydroxyl groups excluding tert-OH is 1. The number of nitrogens with zero attached hydrogens (tertiary/aromatic N) is 1. The summed E-state index contributed by atoms with van der Waals surface area (Å²) in [6.07, 6.45) is 3.34. The van der Waals surface area contributed by atoms with Gasteiger partial charge in [0.1, 0.15) is 0 Å². The van der Waals surface area contributed by atoms with E-state index in [-0.39, 0.29) is 12.1 Å². The van der Waals surface area contributed by atoms with Crippen LogP contribution in [0, 0.1) is 0 Å². The molecule has 3 heteroatoms. The maximum atomic E-state index is 9.20. The van der Waals surface area contributed by atoms with Gasteiger partial charge >= 0.3 is 0 Å². The topological polar surface area (TPSA) is 49.5 Å². The van der Waals surface area contributed by atoms with Crippen LogP contribution >= 0.6 is 0 Å². The Bertz CT molecular complexity index is 159. The third-order valence-corrected chi connectivity index (χ3v) is 3.12. The van der Waals surface area contributed by atoms with E-state index in [0.29, 0.717) is 6.04 Å². The first-order valence-corrected chi connectivity index (χ1v) is 5.19. The molecule has 0 amide bonds. The van der Waals surface area contributed by atoms with Gasteiger partial charge in [-0.2, -0.15) is 0 Å². The second-order valence-corrected chi connectivity index (χ2v) is 4.52. The van der Waals surface area contributed by atoms with Crippen molar-refractivity contribution >= 4 is 0 Å². The number of likely N-dealkylation sites (tertiary alicyclic amines) is 1. The fourth-order valence-corrected chi connectivity index (χ4v) is 2.32. The number of rotatable bonds is 4. The van der Waals surface area contributed by atoms with Crippen molar-refractivity contribution in [2.45, 2.75) is 44.7 Å². The summed E-state index contributed by atoms with van der Waals surface area (Å²) in [4.78, 5) is 2.40. The van der Waals surface area contributed by atoms with Gasteiger partial charge in [0.15, 0.2) is 0 Å². The SMILES string of the molecule is CC(C)(CCN)N1CCCC1CO. The number of aliphatic hydroxyl groups is 1. The van der Waals surface area contributed by atoms with Crippen LogP contribution in [0.3, 0.4) is 0 Å². The molecule has 0 aromatic rings. The molecule has 0 spiro atoms. The zero-order chi connectivity index (χ0) is 9.90. The van der Waals surface area contributed by atoms with Gasteiger partial charge in [0.25, 0.3) is 0 Å². The molecule has 78 valence electrons. The van der Waals surface area contributed by atoms with E-state index in [1.165, 1.54) is 6.42 Å². The molecule has 1 saturated heterocycles. The summed E-state index contributed by atoms with van der Waals surface area (Å²) in [6.45, 7) is 6.55. The minimum atomic E-state index is 0.151. The van der Waals surface area contributed by atoms with E-state index >= 15 is 0 Å². The highest BCUT2D eigenvalue weighted by atomic mass is 16.3. The first kappa shape index (κ1) is 11.0. The Labute approximate surface area is 80.9 Å². The molecule has 0 saturated carbocycles. The summed E-state index contributed by atoms with van der Waals surface area (Å²) in [7, 11) is 0. The smallest absolute Gasteiger partial charge is 0.0587 e. The van der Waals surface area contributed by atoms with Crippen LogP contribution in [0.25, 0.3) is 0 Å². The molecule has 1 unspecified atom stereocenters. The third-order valence-electron chi connectivity index (χ3n) is 3.12. The van der Waals surface area contributed by atoms with Gasteiger partial charge in [-0.1, -0.05) is 0 Å². The van der Waals surface area contributed by atoms with E-state index in [1.807, 2.05) is 0 Å². The van der Waals surface area contributed by atoms with Gasteiger partial charge in [-0.15, -0.1) is 0 Å². The summed E-state index contributed by atoms with van der Waals surface area (Å²) in [5, 5.41) is 9.20. The van der Waals surface area contributed by atoms with Crippen LogP contribution in [0.4, 0.5) is 0 Å². The molecule has 1 heterocycles. The maximum absolute atomic E-state index is 9.20. The standard InChI is InChI=1S/C10H22N2O/c1-10(2,5-6-11)12-7-3-4-9(12)8-13/h9,13H,3-8,11H2,1-2H3. The highest BCUT2D eigenvalue weighted by molar-refractivity contribution is 4.90.